The number of hydrogen-bond donors (Lipinski definition) is 0. The molecule has 1 saturated heterocycles. The molecule has 1 atom stereocenters. The number of aromatic nitrogens is 1. The van der Waals surface area contributed by atoms with Crippen LogP contribution in [0.1, 0.15) is 24.1 Å². The van der Waals surface area contributed by atoms with Gasteiger partial charge in [-0.05, 0) is 25.8 Å². The average Bonchev–Trinajstić information content (AvgIpc) is 2.79. The fourth-order valence-corrected chi connectivity index (χ4v) is 1.84. The summed E-state index contributed by atoms with van der Waals surface area (Å²) in [5.41, 5.74) is -0.472. The molecule has 1 aliphatic rings. The van der Waals surface area contributed by atoms with Gasteiger partial charge in [0.2, 0.25) is 0 Å². The number of alkyl halides is 3. The van der Waals surface area contributed by atoms with E-state index in [4.69, 9.17) is 9.47 Å². The summed E-state index contributed by atoms with van der Waals surface area (Å²) in [4.78, 5) is 3.83. The highest BCUT2D eigenvalue weighted by atomic mass is 19.4. The molecular weight excluding hydrogens is 247 g/mol. The predicted molar refractivity (Wildman–Crippen MR) is 58.4 cm³/mol. The Hall–Kier alpha value is -1.30. The molecule has 0 bridgehead atoms. The summed E-state index contributed by atoms with van der Waals surface area (Å²) in [6.07, 6.45) is -1.69. The molecule has 0 saturated carbocycles. The molecule has 1 unspecified atom stereocenters. The second-order valence-electron chi connectivity index (χ2n) is 4.27. The Bertz CT molecular complexity index is 414. The minimum Gasteiger partial charge on any atom is -0.489 e. The van der Waals surface area contributed by atoms with E-state index < -0.39 is 11.7 Å². The minimum atomic E-state index is -4.43. The van der Waals surface area contributed by atoms with Crippen LogP contribution in [0.5, 0.6) is 5.75 Å². The van der Waals surface area contributed by atoms with E-state index in [-0.39, 0.29) is 18.5 Å². The van der Waals surface area contributed by atoms with Crippen LogP contribution in [-0.4, -0.2) is 24.3 Å². The van der Waals surface area contributed by atoms with Crippen molar-refractivity contribution in [2.24, 2.45) is 0 Å². The third kappa shape index (κ3) is 3.13. The normalized spacial score (nSPS) is 20.1. The van der Waals surface area contributed by atoms with E-state index >= 15 is 0 Å². The van der Waals surface area contributed by atoms with E-state index in [0.717, 1.165) is 25.1 Å². The molecule has 0 N–H and O–H groups in total. The summed E-state index contributed by atoms with van der Waals surface area (Å²) >= 11 is 0. The molecule has 0 spiro atoms. The predicted octanol–water partition coefficient (Wildman–Crippen LogP) is 2.97. The zero-order chi connectivity index (χ0) is 13.2. The van der Waals surface area contributed by atoms with Crippen molar-refractivity contribution < 1.29 is 22.6 Å². The number of hydrogen-bond acceptors (Lipinski definition) is 3. The number of pyridine rings is 1. The van der Waals surface area contributed by atoms with Gasteiger partial charge in [0.15, 0.2) is 0 Å². The maximum Gasteiger partial charge on any atom is 0.420 e. The Morgan fingerprint density at radius 2 is 2.28 bits per heavy atom. The highest BCUT2D eigenvalue weighted by Gasteiger charge is 2.35. The molecule has 0 aliphatic carbocycles. The average molecular weight is 261 g/mol. The van der Waals surface area contributed by atoms with Crippen molar-refractivity contribution >= 4 is 0 Å². The van der Waals surface area contributed by atoms with Crippen molar-refractivity contribution in [1.29, 1.82) is 0 Å². The van der Waals surface area contributed by atoms with E-state index in [1.807, 2.05) is 0 Å². The molecule has 2 heterocycles. The van der Waals surface area contributed by atoms with E-state index in [0.29, 0.717) is 12.3 Å². The van der Waals surface area contributed by atoms with Gasteiger partial charge in [-0.15, -0.1) is 0 Å². The van der Waals surface area contributed by atoms with E-state index in [2.05, 4.69) is 4.98 Å². The number of rotatable bonds is 3. The quantitative estimate of drug-likeness (QED) is 0.838. The van der Waals surface area contributed by atoms with Crippen LogP contribution in [-0.2, 0) is 10.9 Å². The van der Waals surface area contributed by atoms with Crippen molar-refractivity contribution in [2.45, 2.75) is 32.0 Å². The molecule has 18 heavy (non-hydrogen) atoms. The molecule has 3 nitrogen and oxygen atoms in total. The third-order valence-electron chi connectivity index (χ3n) is 2.76. The van der Waals surface area contributed by atoms with Crippen LogP contribution in [0.15, 0.2) is 12.3 Å². The Labute approximate surface area is 103 Å². The van der Waals surface area contributed by atoms with Crippen LogP contribution in [0.3, 0.4) is 0 Å². The van der Waals surface area contributed by atoms with Crippen molar-refractivity contribution in [3.8, 4) is 5.75 Å². The summed E-state index contributed by atoms with van der Waals surface area (Å²) in [7, 11) is 0. The van der Waals surface area contributed by atoms with Gasteiger partial charge in [0.25, 0.3) is 0 Å². The first-order valence-electron chi connectivity index (χ1n) is 5.75. The van der Waals surface area contributed by atoms with Crippen LogP contribution >= 0.6 is 0 Å². The van der Waals surface area contributed by atoms with Crippen LogP contribution in [0.25, 0.3) is 0 Å². The Morgan fingerprint density at radius 1 is 1.50 bits per heavy atom. The lowest BCUT2D eigenvalue weighted by molar-refractivity contribution is -0.139. The summed E-state index contributed by atoms with van der Waals surface area (Å²) in [5.74, 6) is -0.233. The fraction of sp³-hybridized carbons (Fsp3) is 0.583. The Kier molecular flexibility index (Phi) is 3.75. The third-order valence-corrected chi connectivity index (χ3v) is 2.76. The summed E-state index contributed by atoms with van der Waals surface area (Å²) in [6.45, 7) is 2.29. The standard InChI is InChI=1S/C12H14F3NO2/c1-8-5-10(12(13,14)15)11(6-16-8)18-7-9-3-2-4-17-9/h5-6,9H,2-4,7H2,1H3. The van der Waals surface area contributed by atoms with Gasteiger partial charge in [0.05, 0.1) is 12.3 Å². The monoisotopic (exact) mass is 261 g/mol. The van der Waals surface area contributed by atoms with Gasteiger partial charge in [0.1, 0.15) is 17.9 Å². The van der Waals surface area contributed by atoms with Gasteiger partial charge in [0, 0.05) is 12.3 Å². The fourth-order valence-electron chi connectivity index (χ4n) is 1.84. The van der Waals surface area contributed by atoms with E-state index in [1.54, 1.807) is 0 Å². The largest absolute Gasteiger partial charge is 0.489 e. The van der Waals surface area contributed by atoms with Crippen LogP contribution in [0.2, 0.25) is 0 Å². The van der Waals surface area contributed by atoms with Gasteiger partial charge in [-0.1, -0.05) is 0 Å². The maximum absolute atomic E-state index is 12.8. The van der Waals surface area contributed by atoms with Crippen molar-refractivity contribution in [2.75, 3.05) is 13.2 Å². The molecule has 6 heteroatoms. The smallest absolute Gasteiger partial charge is 0.420 e. The number of aryl methyl sites for hydroxylation is 1. The van der Waals surface area contributed by atoms with Gasteiger partial charge in [-0.2, -0.15) is 13.2 Å². The van der Waals surface area contributed by atoms with Crippen LogP contribution in [0.4, 0.5) is 13.2 Å². The zero-order valence-corrected chi connectivity index (χ0v) is 9.96. The molecule has 1 aliphatic heterocycles. The van der Waals surface area contributed by atoms with Crippen molar-refractivity contribution in [1.82, 2.24) is 4.98 Å². The molecule has 1 fully saturated rings. The van der Waals surface area contributed by atoms with Gasteiger partial charge in [-0.25, -0.2) is 0 Å². The number of halogens is 3. The Morgan fingerprint density at radius 3 is 2.89 bits per heavy atom. The van der Waals surface area contributed by atoms with Crippen LogP contribution in [0, 0.1) is 6.92 Å². The lowest BCUT2D eigenvalue weighted by atomic mass is 10.2. The second-order valence-corrected chi connectivity index (χ2v) is 4.27. The summed E-state index contributed by atoms with van der Waals surface area (Å²) < 4.78 is 48.9. The van der Waals surface area contributed by atoms with Gasteiger partial charge in [-0.3, -0.25) is 4.98 Å². The number of ether oxygens (including phenoxy) is 2. The molecule has 0 aromatic carbocycles. The van der Waals surface area contributed by atoms with Crippen LogP contribution < -0.4 is 4.74 Å². The lowest BCUT2D eigenvalue weighted by Crippen LogP contribution is -2.18. The lowest BCUT2D eigenvalue weighted by Gasteiger charge is -2.16. The summed E-state index contributed by atoms with van der Waals surface area (Å²) in [5, 5.41) is 0. The molecule has 1 aromatic heterocycles. The zero-order valence-electron chi connectivity index (χ0n) is 9.96. The first-order chi connectivity index (χ1) is 8.47. The molecule has 100 valence electrons. The first-order valence-corrected chi connectivity index (χ1v) is 5.75. The van der Waals surface area contributed by atoms with E-state index in [9.17, 15) is 13.2 Å². The molecule has 2 rings (SSSR count). The van der Waals surface area contributed by atoms with Crippen molar-refractivity contribution in [3.63, 3.8) is 0 Å². The highest BCUT2D eigenvalue weighted by Crippen LogP contribution is 2.36. The number of nitrogens with zero attached hydrogens (tertiary/aromatic N) is 1. The first kappa shape index (κ1) is 13.1. The maximum atomic E-state index is 12.8. The minimum absolute atomic E-state index is 0.118. The van der Waals surface area contributed by atoms with Gasteiger partial charge < -0.3 is 9.47 Å². The van der Waals surface area contributed by atoms with Gasteiger partial charge >= 0.3 is 6.18 Å². The molecular formula is C12H14F3NO2. The highest BCUT2D eigenvalue weighted by molar-refractivity contribution is 5.34. The Balaban J connectivity index is 2.11. The molecule has 0 amide bonds. The second kappa shape index (κ2) is 5.14. The topological polar surface area (TPSA) is 31.4 Å². The molecule has 1 aromatic rings. The molecule has 0 radical (unpaired) electrons. The van der Waals surface area contributed by atoms with Crippen molar-refractivity contribution in [3.05, 3.63) is 23.5 Å². The van der Waals surface area contributed by atoms with E-state index in [1.165, 1.54) is 6.92 Å². The SMILES string of the molecule is Cc1cc(C(F)(F)F)c(OCC2CCCO2)cn1. The summed E-state index contributed by atoms with van der Waals surface area (Å²) in [6, 6.07) is 0.991.